The summed E-state index contributed by atoms with van der Waals surface area (Å²) in [6, 6.07) is -1.26. The van der Waals surface area contributed by atoms with E-state index >= 15 is 0 Å². The highest BCUT2D eigenvalue weighted by atomic mass is 32.2. The summed E-state index contributed by atoms with van der Waals surface area (Å²) in [5.74, 6) is -0.301. The zero-order valence-corrected chi connectivity index (χ0v) is 13.0. The number of aliphatic carboxylic acids is 1. The number of carbonyl (C=O) groups excluding carboxylic acids is 1. The number of carbonyl (C=O) groups is 2. The second-order valence-corrected chi connectivity index (χ2v) is 6.45. The molecule has 0 aliphatic rings. The Morgan fingerprint density at radius 1 is 1.55 bits per heavy atom. The first kappa shape index (κ1) is 16.9. The number of nitrogens with one attached hydrogen (secondary N) is 1. The molecule has 112 valence electrons. The highest BCUT2D eigenvalue weighted by Gasteiger charge is 2.24. The average Bonchev–Trinajstić information content (AvgIpc) is 2.77. The SMILES string of the molecule is Cc1nc(CSCCC(=O)N[C@H](C(=O)O)[C@@H](C)O)cs1. The minimum Gasteiger partial charge on any atom is -0.480 e. The first-order chi connectivity index (χ1) is 9.40. The fourth-order valence-electron chi connectivity index (χ4n) is 1.45. The highest BCUT2D eigenvalue weighted by molar-refractivity contribution is 7.98. The van der Waals surface area contributed by atoms with Crippen molar-refractivity contribution in [3.8, 4) is 0 Å². The number of hydrogen-bond donors (Lipinski definition) is 3. The molecule has 0 aliphatic carbocycles. The zero-order chi connectivity index (χ0) is 15.1. The van der Waals surface area contributed by atoms with Gasteiger partial charge in [-0.05, 0) is 13.8 Å². The number of aromatic nitrogens is 1. The van der Waals surface area contributed by atoms with E-state index in [0.29, 0.717) is 5.75 Å². The first-order valence-corrected chi connectivity index (χ1v) is 8.12. The van der Waals surface area contributed by atoms with Gasteiger partial charge in [0.15, 0.2) is 6.04 Å². The van der Waals surface area contributed by atoms with E-state index in [1.165, 1.54) is 6.92 Å². The molecule has 1 rings (SSSR count). The Bertz CT molecular complexity index is 462. The Morgan fingerprint density at radius 2 is 2.25 bits per heavy atom. The third-order valence-electron chi connectivity index (χ3n) is 2.45. The van der Waals surface area contributed by atoms with Gasteiger partial charge in [-0.15, -0.1) is 11.3 Å². The minimum atomic E-state index is -1.26. The summed E-state index contributed by atoms with van der Waals surface area (Å²) in [6.45, 7) is 3.27. The largest absolute Gasteiger partial charge is 0.480 e. The van der Waals surface area contributed by atoms with Gasteiger partial charge in [0.25, 0.3) is 0 Å². The van der Waals surface area contributed by atoms with E-state index in [1.807, 2.05) is 12.3 Å². The maximum atomic E-state index is 11.6. The van der Waals surface area contributed by atoms with Crippen LogP contribution in [0.25, 0.3) is 0 Å². The highest BCUT2D eigenvalue weighted by Crippen LogP contribution is 2.15. The number of thioether (sulfide) groups is 1. The minimum absolute atomic E-state index is 0.213. The molecule has 0 fully saturated rings. The molecule has 0 aromatic carbocycles. The third-order valence-corrected chi connectivity index (χ3v) is 4.27. The molecule has 0 bridgehead atoms. The summed E-state index contributed by atoms with van der Waals surface area (Å²) < 4.78 is 0. The third kappa shape index (κ3) is 5.89. The second kappa shape index (κ2) is 8.23. The average molecular weight is 318 g/mol. The molecule has 3 N–H and O–H groups in total. The number of nitrogens with zero attached hydrogens (tertiary/aromatic N) is 1. The molecule has 0 radical (unpaired) electrons. The van der Waals surface area contributed by atoms with Crippen LogP contribution in [0.1, 0.15) is 24.0 Å². The van der Waals surface area contributed by atoms with Crippen LogP contribution < -0.4 is 5.32 Å². The molecule has 0 unspecified atom stereocenters. The number of carboxylic acids is 1. The molecule has 6 nitrogen and oxygen atoms in total. The van der Waals surface area contributed by atoms with Crippen molar-refractivity contribution in [3.63, 3.8) is 0 Å². The molecule has 1 aromatic heterocycles. The Labute approximate surface area is 125 Å². The van der Waals surface area contributed by atoms with Crippen LogP contribution in [0.4, 0.5) is 0 Å². The molecule has 0 spiro atoms. The van der Waals surface area contributed by atoms with Crippen molar-refractivity contribution in [2.45, 2.75) is 38.2 Å². The summed E-state index contributed by atoms with van der Waals surface area (Å²) in [7, 11) is 0. The van der Waals surface area contributed by atoms with Gasteiger partial charge in [0, 0.05) is 23.3 Å². The van der Waals surface area contributed by atoms with Gasteiger partial charge >= 0.3 is 5.97 Å². The lowest BCUT2D eigenvalue weighted by Gasteiger charge is -2.16. The van der Waals surface area contributed by atoms with Gasteiger partial charge in [-0.1, -0.05) is 0 Å². The van der Waals surface area contributed by atoms with Gasteiger partial charge in [-0.25, -0.2) is 9.78 Å². The van der Waals surface area contributed by atoms with Crippen molar-refractivity contribution in [1.29, 1.82) is 0 Å². The summed E-state index contributed by atoms with van der Waals surface area (Å²) in [5.41, 5.74) is 0.991. The number of thiazole rings is 1. The lowest BCUT2D eigenvalue weighted by Crippen LogP contribution is -2.47. The van der Waals surface area contributed by atoms with Gasteiger partial charge < -0.3 is 15.5 Å². The van der Waals surface area contributed by atoms with Crippen LogP contribution in [0.2, 0.25) is 0 Å². The molecule has 1 aromatic rings. The van der Waals surface area contributed by atoms with E-state index in [1.54, 1.807) is 23.1 Å². The number of aryl methyl sites for hydroxylation is 1. The van der Waals surface area contributed by atoms with Crippen LogP contribution in [0.15, 0.2) is 5.38 Å². The van der Waals surface area contributed by atoms with E-state index in [9.17, 15) is 14.7 Å². The van der Waals surface area contributed by atoms with Gasteiger partial charge in [-0.3, -0.25) is 4.79 Å². The Balaban J connectivity index is 2.24. The van der Waals surface area contributed by atoms with E-state index in [4.69, 9.17) is 5.11 Å². The van der Waals surface area contributed by atoms with Gasteiger partial charge in [0.05, 0.1) is 16.8 Å². The van der Waals surface area contributed by atoms with Gasteiger partial charge in [0.1, 0.15) is 0 Å². The maximum Gasteiger partial charge on any atom is 0.328 e. The first-order valence-electron chi connectivity index (χ1n) is 6.09. The maximum absolute atomic E-state index is 11.6. The van der Waals surface area contributed by atoms with Crippen molar-refractivity contribution in [2.24, 2.45) is 0 Å². The number of aliphatic hydroxyl groups is 1. The van der Waals surface area contributed by atoms with Crippen molar-refractivity contribution >= 4 is 35.0 Å². The lowest BCUT2D eigenvalue weighted by atomic mass is 10.2. The molecule has 1 heterocycles. The Hall–Kier alpha value is -1.12. The van der Waals surface area contributed by atoms with E-state index in [-0.39, 0.29) is 12.3 Å². The molecule has 20 heavy (non-hydrogen) atoms. The summed E-state index contributed by atoms with van der Waals surface area (Å²) >= 11 is 3.15. The molecule has 2 atom stereocenters. The van der Waals surface area contributed by atoms with E-state index in [0.717, 1.165) is 16.5 Å². The van der Waals surface area contributed by atoms with Gasteiger partial charge in [-0.2, -0.15) is 11.8 Å². The molecule has 1 amide bonds. The predicted molar refractivity (Wildman–Crippen MR) is 78.9 cm³/mol. The number of rotatable bonds is 8. The zero-order valence-electron chi connectivity index (χ0n) is 11.3. The fraction of sp³-hybridized carbons (Fsp3) is 0.583. The summed E-state index contributed by atoms with van der Waals surface area (Å²) in [4.78, 5) is 26.7. The molecule has 0 saturated carbocycles. The van der Waals surface area contributed by atoms with Gasteiger partial charge in [0.2, 0.25) is 5.91 Å². The summed E-state index contributed by atoms with van der Waals surface area (Å²) in [5, 5.41) is 23.4. The number of hydrogen-bond acceptors (Lipinski definition) is 6. The number of amides is 1. The molecular weight excluding hydrogens is 300 g/mol. The van der Waals surface area contributed by atoms with Crippen molar-refractivity contribution in [2.75, 3.05) is 5.75 Å². The van der Waals surface area contributed by atoms with Crippen molar-refractivity contribution in [1.82, 2.24) is 10.3 Å². The number of aliphatic hydroxyl groups excluding tert-OH is 1. The fourth-order valence-corrected chi connectivity index (χ4v) is 3.00. The van der Waals surface area contributed by atoms with Crippen molar-refractivity contribution in [3.05, 3.63) is 16.1 Å². The molecule has 0 saturated heterocycles. The number of carboxylic acid groups (broad SMARTS) is 1. The standard InChI is InChI=1S/C12H18N2O4S2/c1-7(15)11(12(17)18)14-10(16)3-4-19-5-9-6-20-8(2)13-9/h6-7,11,15H,3-5H2,1-2H3,(H,14,16)(H,17,18)/t7-,11+/m1/s1. The van der Waals surface area contributed by atoms with Crippen LogP contribution in [-0.2, 0) is 15.3 Å². The normalized spacial score (nSPS) is 13.8. The van der Waals surface area contributed by atoms with E-state index in [2.05, 4.69) is 10.3 Å². The lowest BCUT2D eigenvalue weighted by molar-refractivity contribution is -0.144. The van der Waals surface area contributed by atoms with Crippen LogP contribution in [-0.4, -0.2) is 45.0 Å². The smallest absolute Gasteiger partial charge is 0.328 e. The quantitative estimate of drug-likeness (QED) is 0.619. The monoisotopic (exact) mass is 318 g/mol. The van der Waals surface area contributed by atoms with Crippen LogP contribution in [0.5, 0.6) is 0 Å². The Morgan fingerprint density at radius 3 is 2.75 bits per heavy atom. The predicted octanol–water partition coefficient (Wildman–Crippen LogP) is 1.03. The Kier molecular flexibility index (Phi) is 6.97. The van der Waals surface area contributed by atoms with Crippen LogP contribution in [0.3, 0.4) is 0 Å². The topological polar surface area (TPSA) is 99.5 Å². The van der Waals surface area contributed by atoms with E-state index < -0.39 is 18.1 Å². The summed E-state index contributed by atoms with van der Waals surface area (Å²) in [6.07, 6.45) is -0.910. The molecular formula is C12H18N2O4S2. The second-order valence-electron chi connectivity index (χ2n) is 4.28. The van der Waals surface area contributed by atoms with Crippen LogP contribution >= 0.6 is 23.1 Å². The molecule has 8 heteroatoms. The van der Waals surface area contributed by atoms with Crippen molar-refractivity contribution < 1.29 is 19.8 Å². The molecule has 0 aliphatic heterocycles. The van der Waals surface area contributed by atoms with Crippen LogP contribution in [0, 0.1) is 6.92 Å².